The average Bonchev–Trinajstić information content (AvgIpc) is 3.50. The van der Waals surface area contributed by atoms with Crippen molar-refractivity contribution in [3.8, 4) is 11.4 Å². The third kappa shape index (κ3) is 5.59. The first kappa shape index (κ1) is 24.4. The Morgan fingerprint density at radius 2 is 1.89 bits per heavy atom. The Hall–Kier alpha value is -3.27. The van der Waals surface area contributed by atoms with Crippen molar-refractivity contribution in [3.05, 3.63) is 100 Å². The molecule has 0 fully saturated rings. The number of hydrogen-bond acceptors (Lipinski definition) is 6. The van der Waals surface area contributed by atoms with Gasteiger partial charge in [0.2, 0.25) is 5.91 Å². The SMILES string of the molecule is C=CCn1c(SCC(=O)Nc2ncc(Cc3ccc(Br)cc3)s2)nnc1-c1cccc2ccccc12. The van der Waals surface area contributed by atoms with E-state index in [0.717, 1.165) is 37.9 Å². The van der Waals surface area contributed by atoms with Crippen LogP contribution in [0.1, 0.15) is 10.4 Å². The molecule has 2 aromatic heterocycles. The van der Waals surface area contributed by atoms with Crippen LogP contribution in [0.3, 0.4) is 0 Å². The topological polar surface area (TPSA) is 72.7 Å². The summed E-state index contributed by atoms with van der Waals surface area (Å²) in [6, 6.07) is 22.5. The van der Waals surface area contributed by atoms with Crippen molar-refractivity contribution in [2.75, 3.05) is 11.1 Å². The molecule has 6 nitrogen and oxygen atoms in total. The highest BCUT2D eigenvalue weighted by atomic mass is 79.9. The number of thioether (sulfide) groups is 1. The van der Waals surface area contributed by atoms with Gasteiger partial charge in [-0.05, 0) is 28.5 Å². The van der Waals surface area contributed by atoms with Crippen LogP contribution in [0.15, 0.2) is 95.2 Å². The minimum atomic E-state index is -0.135. The Labute approximate surface area is 225 Å². The molecule has 1 amide bonds. The molecule has 0 aliphatic heterocycles. The molecule has 0 saturated carbocycles. The quantitative estimate of drug-likeness (QED) is 0.154. The second-order valence-corrected chi connectivity index (χ2v) is 11.0. The highest BCUT2D eigenvalue weighted by Gasteiger charge is 2.17. The predicted octanol–water partition coefficient (Wildman–Crippen LogP) is 6.82. The van der Waals surface area contributed by atoms with Gasteiger partial charge in [-0.3, -0.25) is 9.36 Å². The number of rotatable bonds is 9. The molecule has 0 unspecified atom stereocenters. The monoisotopic (exact) mass is 575 g/mol. The van der Waals surface area contributed by atoms with Crippen LogP contribution in [-0.4, -0.2) is 31.4 Å². The van der Waals surface area contributed by atoms with Gasteiger partial charge in [-0.15, -0.1) is 28.1 Å². The lowest BCUT2D eigenvalue weighted by molar-refractivity contribution is -0.113. The molecule has 0 spiro atoms. The summed E-state index contributed by atoms with van der Waals surface area (Å²) in [6.07, 6.45) is 4.40. The number of fused-ring (bicyclic) bond motifs is 1. The maximum atomic E-state index is 12.7. The summed E-state index contributed by atoms with van der Waals surface area (Å²) in [5.74, 6) is 0.823. The van der Waals surface area contributed by atoms with Crippen LogP contribution in [-0.2, 0) is 17.8 Å². The van der Waals surface area contributed by atoms with Crippen molar-refractivity contribution in [2.45, 2.75) is 18.1 Å². The zero-order valence-electron chi connectivity index (χ0n) is 19.2. The molecule has 0 bridgehead atoms. The predicted molar refractivity (Wildman–Crippen MR) is 152 cm³/mol. The largest absolute Gasteiger partial charge is 0.301 e. The molecular formula is C27H22BrN5OS2. The molecular weight excluding hydrogens is 554 g/mol. The van der Waals surface area contributed by atoms with Crippen molar-refractivity contribution >= 4 is 60.8 Å². The fraction of sp³-hybridized carbons (Fsp3) is 0.111. The number of halogens is 1. The van der Waals surface area contributed by atoms with Gasteiger partial charge in [0, 0.05) is 34.1 Å². The second-order valence-electron chi connectivity index (χ2n) is 8.00. The summed E-state index contributed by atoms with van der Waals surface area (Å²) in [4.78, 5) is 18.1. The van der Waals surface area contributed by atoms with Crippen molar-refractivity contribution in [1.29, 1.82) is 0 Å². The maximum Gasteiger partial charge on any atom is 0.236 e. The first-order chi connectivity index (χ1) is 17.6. The van der Waals surface area contributed by atoms with Crippen LogP contribution in [0.4, 0.5) is 5.13 Å². The first-order valence-corrected chi connectivity index (χ1v) is 13.8. The van der Waals surface area contributed by atoms with Gasteiger partial charge in [0.1, 0.15) is 0 Å². The van der Waals surface area contributed by atoms with E-state index in [4.69, 9.17) is 0 Å². The van der Waals surface area contributed by atoms with Gasteiger partial charge in [0.25, 0.3) is 0 Å². The number of benzene rings is 3. The Balaban J connectivity index is 1.26. The molecule has 9 heteroatoms. The van der Waals surface area contributed by atoms with Gasteiger partial charge < -0.3 is 5.32 Å². The van der Waals surface area contributed by atoms with E-state index < -0.39 is 0 Å². The number of nitrogens with zero attached hydrogens (tertiary/aromatic N) is 4. The fourth-order valence-electron chi connectivity index (χ4n) is 3.84. The van der Waals surface area contributed by atoms with Crippen LogP contribution < -0.4 is 5.32 Å². The summed E-state index contributed by atoms with van der Waals surface area (Å²) >= 11 is 6.29. The number of amides is 1. The zero-order valence-corrected chi connectivity index (χ0v) is 22.4. The fourth-order valence-corrected chi connectivity index (χ4v) is 5.72. The van der Waals surface area contributed by atoms with Crippen LogP contribution in [0.2, 0.25) is 0 Å². The number of anilines is 1. The molecule has 3 aromatic carbocycles. The van der Waals surface area contributed by atoms with Crippen LogP contribution in [0.5, 0.6) is 0 Å². The molecule has 0 aliphatic carbocycles. The summed E-state index contributed by atoms with van der Waals surface area (Å²) in [5.41, 5.74) is 2.19. The molecule has 36 heavy (non-hydrogen) atoms. The van der Waals surface area contributed by atoms with Gasteiger partial charge in [-0.1, -0.05) is 88.4 Å². The first-order valence-electron chi connectivity index (χ1n) is 11.2. The van der Waals surface area contributed by atoms with E-state index in [1.165, 1.54) is 28.7 Å². The van der Waals surface area contributed by atoms with E-state index in [2.05, 4.69) is 73.3 Å². The molecule has 1 N–H and O–H groups in total. The molecule has 0 atom stereocenters. The van der Waals surface area contributed by atoms with Gasteiger partial charge >= 0.3 is 0 Å². The second kappa shape index (κ2) is 11.2. The third-order valence-electron chi connectivity index (χ3n) is 5.48. The van der Waals surface area contributed by atoms with E-state index in [0.29, 0.717) is 16.8 Å². The number of thiazole rings is 1. The summed E-state index contributed by atoms with van der Waals surface area (Å²) in [6.45, 7) is 4.43. The van der Waals surface area contributed by atoms with Crippen molar-refractivity contribution < 1.29 is 4.79 Å². The summed E-state index contributed by atoms with van der Waals surface area (Å²) in [7, 11) is 0. The lowest BCUT2D eigenvalue weighted by Gasteiger charge is -2.10. The van der Waals surface area contributed by atoms with Gasteiger partial charge in [0.15, 0.2) is 16.1 Å². The van der Waals surface area contributed by atoms with Crippen molar-refractivity contribution in [3.63, 3.8) is 0 Å². The number of carbonyl (C=O) groups is 1. The molecule has 5 rings (SSSR count). The highest BCUT2D eigenvalue weighted by Crippen LogP contribution is 2.30. The number of allylic oxidation sites excluding steroid dienone is 1. The standard InChI is InChI=1S/C27H22BrN5OS2/c1-2-14-33-25(23-9-5-7-19-6-3-4-8-22(19)23)31-32-27(33)35-17-24(34)30-26-29-16-21(36-26)15-18-10-12-20(28)13-11-18/h2-13,16H,1,14-15,17H2,(H,29,30,34). The smallest absolute Gasteiger partial charge is 0.236 e. The lowest BCUT2D eigenvalue weighted by Crippen LogP contribution is -2.14. The number of hydrogen-bond donors (Lipinski definition) is 1. The van der Waals surface area contributed by atoms with E-state index >= 15 is 0 Å². The Morgan fingerprint density at radius 3 is 2.72 bits per heavy atom. The Kier molecular flexibility index (Phi) is 7.60. The van der Waals surface area contributed by atoms with E-state index in [-0.39, 0.29) is 11.7 Å². The van der Waals surface area contributed by atoms with Crippen molar-refractivity contribution in [1.82, 2.24) is 19.7 Å². The minimum Gasteiger partial charge on any atom is -0.301 e. The van der Waals surface area contributed by atoms with Crippen LogP contribution in [0, 0.1) is 0 Å². The zero-order chi connectivity index (χ0) is 24.9. The van der Waals surface area contributed by atoms with Gasteiger partial charge in [-0.25, -0.2) is 4.98 Å². The number of aromatic nitrogens is 4. The molecule has 0 radical (unpaired) electrons. The molecule has 5 aromatic rings. The molecule has 180 valence electrons. The average molecular weight is 577 g/mol. The Bertz CT molecular complexity index is 1520. The van der Waals surface area contributed by atoms with Gasteiger partial charge in [-0.2, -0.15) is 0 Å². The highest BCUT2D eigenvalue weighted by molar-refractivity contribution is 9.10. The number of nitrogens with one attached hydrogen (secondary N) is 1. The van der Waals surface area contributed by atoms with Crippen LogP contribution in [0.25, 0.3) is 22.2 Å². The molecule has 0 aliphatic rings. The summed E-state index contributed by atoms with van der Waals surface area (Å²) < 4.78 is 3.04. The van der Waals surface area contributed by atoms with E-state index in [1.54, 1.807) is 0 Å². The molecule has 0 saturated heterocycles. The Morgan fingerprint density at radius 1 is 1.08 bits per heavy atom. The lowest BCUT2D eigenvalue weighted by atomic mass is 10.0. The molecule has 2 heterocycles. The summed E-state index contributed by atoms with van der Waals surface area (Å²) in [5, 5.41) is 15.3. The number of carbonyl (C=O) groups excluding carboxylic acids is 1. The maximum absolute atomic E-state index is 12.7. The normalized spacial score (nSPS) is 11.0. The van der Waals surface area contributed by atoms with E-state index in [9.17, 15) is 4.79 Å². The van der Waals surface area contributed by atoms with Crippen molar-refractivity contribution in [2.24, 2.45) is 0 Å². The van der Waals surface area contributed by atoms with Crippen LogP contribution >= 0.6 is 39.0 Å². The minimum absolute atomic E-state index is 0.135. The van der Waals surface area contributed by atoms with E-state index in [1.807, 2.05) is 53.2 Å². The van der Waals surface area contributed by atoms with Gasteiger partial charge in [0.05, 0.1) is 5.75 Å². The third-order valence-corrected chi connectivity index (χ3v) is 7.89.